The number of ether oxygens (including phenoxy) is 2. The Bertz CT molecular complexity index is 730. The van der Waals surface area contributed by atoms with E-state index in [2.05, 4.69) is 28.6 Å². The number of amides is 2. The van der Waals surface area contributed by atoms with Crippen molar-refractivity contribution in [3.63, 3.8) is 0 Å². The molecule has 0 bridgehead atoms. The minimum Gasteiger partial charge on any atom is -0.439 e. The van der Waals surface area contributed by atoms with Crippen molar-refractivity contribution in [1.82, 2.24) is 10.3 Å². The van der Waals surface area contributed by atoms with Gasteiger partial charge < -0.3 is 20.1 Å². The average molecular weight is 369 g/mol. The summed E-state index contributed by atoms with van der Waals surface area (Å²) in [7, 11) is 0. The minimum absolute atomic E-state index is 0.247. The van der Waals surface area contributed by atoms with Crippen LogP contribution in [-0.2, 0) is 11.2 Å². The molecule has 1 saturated carbocycles. The lowest BCUT2D eigenvalue weighted by Gasteiger charge is -2.09. The van der Waals surface area contributed by atoms with Gasteiger partial charge in [0, 0.05) is 25.8 Å². The molecule has 1 aromatic carbocycles. The molecular formula is C21H27N3O3. The van der Waals surface area contributed by atoms with E-state index in [1.165, 1.54) is 18.4 Å². The molecule has 0 spiro atoms. The van der Waals surface area contributed by atoms with Crippen LogP contribution in [0, 0.1) is 5.92 Å². The Hall–Kier alpha value is -2.60. The van der Waals surface area contributed by atoms with E-state index in [1.807, 2.05) is 18.2 Å². The van der Waals surface area contributed by atoms with Crippen LogP contribution in [-0.4, -0.2) is 30.8 Å². The Morgan fingerprint density at radius 2 is 2.15 bits per heavy atom. The summed E-state index contributed by atoms with van der Waals surface area (Å²) in [6.45, 7) is 4.22. The quantitative estimate of drug-likeness (QED) is 0.610. The number of hydrogen-bond donors (Lipinski definition) is 2. The lowest BCUT2D eigenvalue weighted by molar-refractivity contribution is 0.122. The summed E-state index contributed by atoms with van der Waals surface area (Å²) in [6, 6.07) is 11.2. The second-order valence-corrected chi connectivity index (χ2v) is 6.74. The molecule has 0 radical (unpaired) electrons. The van der Waals surface area contributed by atoms with E-state index in [0.29, 0.717) is 24.7 Å². The van der Waals surface area contributed by atoms with Gasteiger partial charge in [-0.3, -0.25) is 0 Å². The van der Waals surface area contributed by atoms with E-state index >= 15 is 0 Å². The number of carbonyl (C=O) groups is 1. The van der Waals surface area contributed by atoms with E-state index in [1.54, 1.807) is 18.3 Å². The van der Waals surface area contributed by atoms with Gasteiger partial charge in [0.1, 0.15) is 5.75 Å². The fraction of sp³-hybridized carbons (Fsp3) is 0.429. The molecule has 27 heavy (non-hydrogen) atoms. The molecule has 6 nitrogen and oxygen atoms in total. The molecule has 1 aromatic heterocycles. The summed E-state index contributed by atoms with van der Waals surface area (Å²) < 4.78 is 11.3. The maximum Gasteiger partial charge on any atom is 0.319 e. The van der Waals surface area contributed by atoms with Gasteiger partial charge in [0.25, 0.3) is 0 Å². The Labute approximate surface area is 160 Å². The van der Waals surface area contributed by atoms with Gasteiger partial charge in [0.2, 0.25) is 5.88 Å². The minimum atomic E-state index is -0.247. The van der Waals surface area contributed by atoms with E-state index in [0.717, 1.165) is 31.1 Å². The third-order valence-electron chi connectivity index (χ3n) is 4.32. The van der Waals surface area contributed by atoms with Crippen LogP contribution in [0.5, 0.6) is 11.6 Å². The molecule has 0 atom stereocenters. The molecule has 2 N–H and O–H groups in total. The standard InChI is InChI=1S/C21H27N3O3/c1-2-16-5-3-6-19(13-16)27-20-10-9-18(14-23-20)24-21(25)22-11-4-12-26-15-17-7-8-17/h3,5-6,9-10,13-14,17H,2,4,7-8,11-12,15H2,1H3,(H2,22,24,25). The third-order valence-corrected chi connectivity index (χ3v) is 4.32. The Balaban J connectivity index is 1.36. The molecule has 2 amide bonds. The van der Waals surface area contributed by atoms with Crippen molar-refractivity contribution in [2.45, 2.75) is 32.6 Å². The van der Waals surface area contributed by atoms with Crippen molar-refractivity contribution in [2.75, 3.05) is 25.1 Å². The number of carbonyl (C=O) groups excluding carboxylic acids is 1. The van der Waals surface area contributed by atoms with Gasteiger partial charge in [-0.2, -0.15) is 0 Å². The first kappa shape index (κ1) is 19.2. The molecule has 144 valence electrons. The third kappa shape index (κ3) is 6.90. The highest BCUT2D eigenvalue weighted by atomic mass is 16.5. The largest absolute Gasteiger partial charge is 0.439 e. The molecule has 2 aromatic rings. The molecule has 1 fully saturated rings. The van der Waals surface area contributed by atoms with Gasteiger partial charge in [-0.15, -0.1) is 0 Å². The summed E-state index contributed by atoms with van der Waals surface area (Å²) in [5.41, 5.74) is 1.83. The number of benzene rings is 1. The number of rotatable bonds is 10. The predicted molar refractivity (Wildman–Crippen MR) is 105 cm³/mol. The Morgan fingerprint density at radius 1 is 1.26 bits per heavy atom. The van der Waals surface area contributed by atoms with Gasteiger partial charge in [0.05, 0.1) is 11.9 Å². The summed E-state index contributed by atoms with van der Waals surface area (Å²) in [6.07, 6.45) is 5.93. The number of hydrogen-bond acceptors (Lipinski definition) is 4. The maximum atomic E-state index is 11.9. The molecule has 3 rings (SSSR count). The zero-order valence-corrected chi connectivity index (χ0v) is 15.7. The van der Waals surface area contributed by atoms with Crippen LogP contribution in [0.2, 0.25) is 0 Å². The van der Waals surface area contributed by atoms with E-state index < -0.39 is 0 Å². The van der Waals surface area contributed by atoms with Crippen LogP contribution >= 0.6 is 0 Å². The van der Waals surface area contributed by atoms with Crippen LogP contribution in [0.3, 0.4) is 0 Å². The SMILES string of the molecule is CCc1cccc(Oc2ccc(NC(=O)NCCCOCC3CC3)cn2)c1. The van der Waals surface area contributed by atoms with E-state index in [9.17, 15) is 4.79 Å². The van der Waals surface area contributed by atoms with Crippen molar-refractivity contribution in [3.8, 4) is 11.6 Å². The normalized spacial score (nSPS) is 13.2. The summed E-state index contributed by atoms with van der Waals surface area (Å²) in [5.74, 6) is 2.02. The highest BCUT2D eigenvalue weighted by Crippen LogP contribution is 2.28. The first-order valence-corrected chi connectivity index (χ1v) is 9.58. The molecule has 1 aliphatic carbocycles. The fourth-order valence-electron chi connectivity index (χ4n) is 2.55. The number of urea groups is 1. The summed E-state index contributed by atoms with van der Waals surface area (Å²) >= 11 is 0. The number of nitrogens with zero attached hydrogens (tertiary/aromatic N) is 1. The second kappa shape index (κ2) is 9.92. The highest BCUT2D eigenvalue weighted by Gasteiger charge is 2.20. The highest BCUT2D eigenvalue weighted by molar-refractivity contribution is 5.88. The lowest BCUT2D eigenvalue weighted by atomic mass is 10.2. The zero-order chi connectivity index (χ0) is 18.9. The number of nitrogens with one attached hydrogen (secondary N) is 2. The Morgan fingerprint density at radius 3 is 2.89 bits per heavy atom. The van der Waals surface area contributed by atoms with Gasteiger partial charge in [-0.1, -0.05) is 19.1 Å². The lowest BCUT2D eigenvalue weighted by Crippen LogP contribution is -2.30. The molecule has 1 heterocycles. The molecular weight excluding hydrogens is 342 g/mol. The Kier molecular flexibility index (Phi) is 7.04. The number of pyridine rings is 1. The van der Waals surface area contributed by atoms with Gasteiger partial charge in [-0.25, -0.2) is 9.78 Å². The fourth-order valence-corrected chi connectivity index (χ4v) is 2.55. The van der Waals surface area contributed by atoms with Crippen LogP contribution < -0.4 is 15.4 Å². The van der Waals surface area contributed by atoms with Gasteiger partial charge in [0.15, 0.2) is 0 Å². The summed E-state index contributed by atoms with van der Waals surface area (Å²) in [4.78, 5) is 16.1. The average Bonchev–Trinajstić information content (AvgIpc) is 3.51. The van der Waals surface area contributed by atoms with E-state index in [-0.39, 0.29) is 6.03 Å². The van der Waals surface area contributed by atoms with Crippen molar-refractivity contribution in [3.05, 3.63) is 48.2 Å². The van der Waals surface area contributed by atoms with Crippen molar-refractivity contribution >= 4 is 11.7 Å². The topological polar surface area (TPSA) is 72.5 Å². The van der Waals surface area contributed by atoms with Crippen LogP contribution in [0.1, 0.15) is 31.7 Å². The summed E-state index contributed by atoms with van der Waals surface area (Å²) in [5, 5.41) is 5.57. The monoisotopic (exact) mass is 369 g/mol. The number of aryl methyl sites for hydroxylation is 1. The zero-order valence-electron chi connectivity index (χ0n) is 15.7. The molecule has 0 unspecified atom stereocenters. The number of anilines is 1. The van der Waals surface area contributed by atoms with Crippen molar-refractivity contribution in [2.24, 2.45) is 5.92 Å². The molecule has 0 aliphatic heterocycles. The van der Waals surface area contributed by atoms with Crippen LogP contribution in [0.4, 0.5) is 10.5 Å². The van der Waals surface area contributed by atoms with Crippen LogP contribution in [0.15, 0.2) is 42.6 Å². The van der Waals surface area contributed by atoms with Crippen molar-refractivity contribution in [1.29, 1.82) is 0 Å². The molecule has 6 heteroatoms. The van der Waals surface area contributed by atoms with E-state index in [4.69, 9.17) is 9.47 Å². The van der Waals surface area contributed by atoms with Gasteiger partial charge >= 0.3 is 6.03 Å². The number of aromatic nitrogens is 1. The van der Waals surface area contributed by atoms with Crippen molar-refractivity contribution < 1.29 is 14.3 Å². The molecule has 0 saturated heterocycles. The molecule has 1 aliphatic rings. The predicted octanol–water partition coefficient (Wildman–Crippen LogP) is 4.37. The maximum absolute atomic E-state index is 11.9. The van der Waals surface area contributed by atoms with Gasteiger partial charge in [-0.05, 0) is 55.4 Å². The smallest absolute Gasteiger partial charge is 0.319 e. The first-order valence-electron chi connectivity index (χ1n) is 9.58. The first-order chi connectivity index (χ1) is 13.2. The van der Waals surface area contributed by atoms with Crippen LogP contribution in [0.25, 0.3) is 0 Å². The second-order valence-electron chi connectivity index (χ2n) is 6.74.